The fraction of sp³-hybridized carbons (Fsp3) is 0.500. The molecule has 0 saturated carbocycles. The van der Waals surface area contributed by atoms with E-state index in [2.05, 4.69) is 68.3 Å². The van der Waals surface area contributed by atoms with Gasteiger partial charge in [0, 0.05) is 30.9 Å². The Morgan fingerprint density at radius 3 is 2.78 bits per heavy atom. The Balaban J connectivity index is 2.31. The minimum Gasteiger partial charge on any atom is -0.366 e. The van der Waals surface area contributed by atoms with Crippen molar-refractivity contribution in [2.45, 2.75) is 39.8 Å². The number of hydrogen-bond acceptors (Lipinski definition) is 2. The molecule has 1 N–H and O–H groups in total. The van der Waals surface area contributed by atoms with Crippen molar-refractivity contribution < 1.29 is 0 Å². The van der Waals surface area contributed by atoms with E-state index in [-0.39, 0.29) is 5.54 Å². The molecule has 0 aromatic heterocycles. The highest BCUT2D eigenvalue weighted by atomic mass is 15.2. The number of rotatable bonds is 2. The lowest BCUT2D eigenvalue weighted by atomic mass is 10.1. The predicted octanol–water partition coefficient (Wildman–Crippen LogP) is 3.34. The van der Waals surface area contributed by atoms with Gasteiger partial charge in [-0.05, 0) is 39.3 Å². The normalized spacial score (nSPS) is 17.9. The van der Waals surface area contributed by atoms with Crippen LogP contribution in [0.2, 0.25) is 0 Å². The van der Waals surface area contributed by atoms with Gasteiger partial charge in [0.2, 0.25) is 0 Å². The Labute approximate surface area is 111 Å². The van der Waals surface area contributed by atoms with Crippen LogP contribution in [-0.2, 0) is 6.54 Å². The average Bonchev–Trinajstić information content (AvgIpc) is 2.44. The predicted molar refractivity (Wildman–Crippen MR) is 79.0 cm³/mol. The summed E-state index contributed by atoms with van der Waals surface area (Å²) < 4.78 is 0. The molecule has 2 heteroatoms. The van der Waals surface area contributed by atoms with Gasteiger partial charge in [-0.25, -0.2) is 0 Å². The molecule has 2 nitrogen and oxygen atoms in total. The Morgan fingerprint density at radius 2 is 2.06 bits per heavy atom. The highest BCUT2D eigenvalue weighted by molar-refractivity contribution is 5.55. The van der Waals surface area contributed by atoms with Crippen LogP contribution in [-0.4, -0.2) is 18.6 Å². The molecule has 2 rings (SSSR count). The number of benzene rings is 1. The van der Waals surface area contributed by atoms with Crippen molar-refractivity contribution in [1.82, 2.24) is 5.32 Å². The van der Waals surface area contributed by atoms with Gasteiger partial charge < -0.3 is 10.2 Å². The zero-order chi connectivity index (χ0) is 13.2. The minimum absolute atomic E-state index is 0.147. The van der Waals surface area contributed by atoms with E-state index in [9.17, 15) is 0 Å². The van der Waals surface area contributed by atoms with Gasteiger partial charge in [0.25, 0.3) is 0 Å². The minimum atomic E-state index is 0.147. The molecule has 0 unspecified atom stereocenters. The highest BCUT2D eigenvalue weighted by Crippen LogP contribution is 2.26. The van der Waals surface area contributed by atoms with Gasteiger partial charge in [-0.2, -0.15) is 0 Å². The highest BCUT2D eigenvalue weighted by Gasteiger charge is 2.25. The van der Waals surface area contributed by atoms with Crippen LogP contribution in [0, 0.1) is 0 Å². The zero-order valence-electron chi connectivity index (χ0n) is 12.0. The molecular weight excluding hydrogens is 220 g/mol. The fourth-order valence-corrected chi connectivity index (χ4v) is 2.38. The van der Waals surface area contributed by atoms with Gasteiger partial charge in [-0.15, -0.1) is 0 Å². The van der Waals surface area contributed by atoms with Crippen LogP contribution in [0.15, 0.2) is 35.9 Å². The van der Waals surface area contributed by atoms with Crippen LogP contribution in [0.1, 0.15) is 33.3 Å². The summed E-state index contributed by atoms with van der Waals surface area (Å²) in [5, 5.41) is 3.63. The Kier molecular flexibility index (Phi) is 3.76. The van der Waals surface area contributed by atoms with E-state index < -0.39 is 0 Å². The first-order chi connectivity index (χ1) is 8.48. The molecule has 1 aliphatic rings. The number of para-hydroxylation sites is 1. The van der Waals surface area contributed by atoms with Crippen molar-refractivity contribution >= 4 is 5.69 Å². The molecule has 1 aliphatic heterocycles. The van der Waals surface area contributed by atoms with Gasteiger partial charge in [0.15, 0.2) is 0 Å². The summed E-state index contributed by atoms with van der Waals surface area (Å²) in [6.45, 7) is 11.8. The Bertz CT molecular complexity index is 442. The van der Waals surface area contributed by atoms with Crippen molar-refractivity contribution in [3.05, 3.63) is 41.5 Å². The van der Waals surface area contributed by atoms with Crippen LogP contribution in [0.25, 0.3) is 0 Å². The second kappa shape index (κ2) is 5.15. The van der Waals surface area contributed by atoms with Crippen LogP contribution < -0.4 is 10.2 Å². The second-order valence-corrected chi connectivity index (χ2v) is 6.03. The standard InChI is InChI=1S/C16H24N2/c1-13(2)9-10-18-12-16(3,4)17-11-14-7-5-6-8-15(14)18/h5-9,17H,10-12H2,1-4H3. The molecule has 0 bridgehead atoms. The van der Waals surface area contributed by atoms with Crippen LogP contribution >= 0.6 is 0 Å². The first kappa shape index (κ1) is 13.2. The van der Waals surface area contributed by atoms with Crippen molar-refractivity contribution in [2.75, 3.05) is 18.0 Å². The third-order valence-electron chi connectivity index (χ3n) is 3.40. The molecule has 1 aromatic rings. The van der Waals surface area contributed by atoms with Crippen molar-refractivity contribution in [3.8, 4) is 0 Å². The van der Waals surface area contributed by atoms with E-state index in [0.29, 0.717) is 0 Å². The number of allylic oxidation sites excluding steroid dienone is 1. The van der Waals surface area contributed by atoms with Crippen molar-refractivity contribution in [3.63, 3.8) is 0 Å². The largest absolute Gasteiger partial charge is 0.366 e. The monoisotopic (exact) mass is 244 g/mol. The molecule has 0 fully saturated rings. The smallest absolute Gasteiger partial charge is 0.0415 e. The lowest BCUT2D eigenvalue weighted by Gasteiger charge is -2.31. The number of nitrogens with zero attached hydrogens (tertiary/aromatic N) is 1. The maximum absolute atomic E-state index is 3.63. The van der Waals surface area contributed by atoms with Crippen molar-refractivity contribution in [1.29, 1.82) is 0 Å². The number of fused-ring (bicyclic) bond motifs is 1. The van der Waals surface area contributed by atoms with E-state index >= 15 is 0 Å². The van der Waals surface area contributed by atoms with E-state index in [0.717, 1.165) is 19.6 Å². The molecule has 0 spiro atoms. The summed E-state index contributed by atoms with van der Waals surface area (Å²) in [6.07, 6.45) is 2.30. The Hall–Kier alpha value is -1.28. The first-order valence-electron chi connectivity index (χ1n) is 6.69. The number of hydrogen-bond donors (Lipinski definition) is 1. The second-order valence-electron chi connectivity index (χ2n) is 6.03. The fourth-order valence-electron chi connectivity index (χ4n) is 2.38. The maximum atomic E-state index is 3.63. The molecular formula is C16H24N2. The summed E-state index contributed by atoms with van der Waals surface area (Å²) in [5.74, 6) is 0. The number of anilines is 1. The first-order valence-corrected chi connectivity index (χ1v) is 6.69. The molecule has 1 aromatic carbocycles. The molecule has 18 heavy (non-hydrogen) atoms. The van der Waals surface area contributed by atoms with Gasteiger partial charge >= 0.3 is 0 Å². The average molecular weight is 244 g/mol. The van der Waals surface area contributed by atoms with E-state index in [4.69, 9.17) is 0 Å². The summed E-state index contributed by atoms with van der Waals surface area (Å²) in [7, 11) is 0. The quantitative estimate of drug-likeness (QED) is 0.803. The van der Waals surface area contributed by atoms with E-state index in [1.807, 2.05) is 0 Å². The van der Waals surface area contributed by atoms with Crippen LogP contribution in [0.3, 0.4) is 0 Å². The summed E-state index contributed by atoms with van der Waals surface area (Å²) in [4.78, 5) is 2.47. The summed E-state index contributed by atoms with van der Waals surface area (Å²) >= 11 is 0. The molecule has 0 amide bonds. The van der Waals surface area contributed by atoms with E-state index in [1.165, 1.54) is 16.8 Å². The van der Waals surface area contributed by atoms with Crippen LogP contribution in [0.4, 0.5) is 5.69 Å². The number of nitrogens with one attached hydrogen (secondary N) is 1. The SMILES string of the molecule is CC(C)=CCN1CC(C)(C)NCc2ccccc21. The summed E-state index contributed by atoms with van der Waals surface area (Å²) in [5.41, 5.74) is 4.29. The molecule has 1 heterocycles. The molecule has 0 radical (unpaired) electrons. The van der Waals surface area contributed by atoms with E-state index in [1.54, 1.807) is 0 Å². The summed E-state index contributed by atoms with van der Waals surface area (Å²) in [6, 6.07) is 8.71. The van der Waals surface area contributed by atoms with Crippen molar-refractivity contribution in [2.24, 2.45) is 0 Å². The lowest BCUT2D eigenvalue weighted by molar-refractivity contribution is 0.398. The molecule has 0 saturated heterocycles. The molecule has 0 aliphatic carbocycles. The van der Waals surface area contributed by atoms with Gasteiger partial charge in [0.1, 0.15) is 0 Å². The van der Waals surface area contributed by atoms with Gasteiger partial charge in [0.05, 0.1) is 0 Å². The zero-order valence-corrected chi connectivity index (χ0v) is 12.0. The Morgan fingerprint density at radius 1 is 1.33 bits per heavy atom. The molecule has 98 valence electrons. The van der Waals surface area contributed by atoms with Gasteiger partial charge in [-0.3, -0.25) is 0 Å². The third kappa shape index (κ3) is 3.14. The van der Waals surface area contributed by atoms with Gasteiger partial charge in [-0.1, -0.05) is 29.8 Å². The topological polar surface area (TPSA) is 15.3 Å². The third-order valence-corrected chi connectivity index (χ3v) is 3.40. The molecule has 0 atom stereocenters. The maximum Gasteiger partial charge on any atom is 0.0415 e. The lowest BCUT2D eigenvalue weighted by Crippen LogP contribution is -2.46. The van der Waals surface area contributed by atoms with Crippen LogP contribution in [0.5, 0.6) is 0 Å².